The molecule has 0 atom stereocenters. The Morgan fingerprint density at radius 2 is 2.00 bits per heavy atom. The molecule has 1 aromatic rings. The highest BCUT2D eigenvalue weighted by Crippen LogP contribution is 2.00. The van der Waals surface area contributed by atoms with Crippen molar-refractivity contribution in [3.63, 3.8) is 0 Å². The van der Waals surface area contributed by atoms with Crippen molar-refractivity contribution < 1.29 is 14.3 Å². The minimum atomic E-state index is -0.559. The summed E-state index contributed by atoms with van der Waals surface area (Å²) in [7, 11) is 2.76. The summed E-state index contributed by atoms with van der Waals surface area (Å²) in [5.74, 6) is -0.897. The molecule has 0 aromatic carbocycles. The van der Waals surface area contributed by atoms with Gasteiger partial charge in [-0.15, -0.1) is 0 Å². The van der Waals surface area contributed by atoms with Gasteiger partial charge < -0.3 is 10.1 Å². The van der Waals surface area contributed by atoms with Crippen LogP contribution < -0.4 is 5.32 Å². The van der Waals surface area contributed by atoms with Crippen LogP contribution in [0.25, 0.3) is 0 Å². The van der Waals surface area contributed by atoms with E-state index in [4.69, 9.17) is 0 Å². The molecule has 5 nitrogen and oxygen atoms in total. The van der Waals surface area contributed by atoms with Crippen LogP contribution in [-0.4, -0.2) is 31.0 Å². The van der Waals surface area contributed by atoms with E-state index in [-0.39, 0.29) is 17.3 Å². The third-order valence-corrected chi connectivity index (χ3v) is 1.60. The van der Waals surface area contributed by atoms with Crippen molar-refractivity contribution in [1.82, 2.24) is 10.3 Å². The number of nitrogens with zero attached hydrogens (tertiary/aromatic N) is 1. The zero-order chi connectivity index (χ0) is 10.6. The molecule has 1 aromatic heterocycles. The Balaban J connectivity index is 3.01. The predicted octanol–water partition coefficient (Wildman–Crippen LogP) is 0.228. The number of carbonyl (C=O) groups is 2. The Kier molecular flexibility index (Phi) is 3.17. The van der Waals surface area contributed by atoms with E-state index in [9.17, 15) is 9.59 Å². The van der Waals surface area contributed by atoms with Gasteiger partial charge >= 0.3 is 5.97 Å². The van der Waals surface area contributed by atoms with Crippen LogP contribution in [0.1, 0.15) is 21.0 Å². The Morgan fingerprint density at radius 1 is 1.36 bits per heavy atom. The van der Waals surface area contributed by atoms with E-state index in [0.29, 0.717) is 0 Å². The van der Waals surface area contributed by atoms with Crippen LogP contribution in [0.5, 0.6) is 0 Å². The second-order valence-corrected chi connectivity index (χ2v) is 2.48. The number of ether oxygens (including phenoxy) is 1. The van der Waals surface area contributed by atoms with E-state index < -0.39 is 5.97 Å². The van der Waals surface area contributed by atoms with E-state index in [1.165, 1.54) is 26.3 Å². The number of pyridine rings is 1. The van der Waals surface area contributed by atoms with Crippen LogP contribution in [-0.2, 0) is 4.74 Å². The molecule has 0 aliphatic rings. The lowest BCUT2D eigenvalue weighted by molar-refractivity contribution is 0.0594. The highest BCUT2D eigenvalue weighted by Gasteiger charge is 2.10. The van der Waals surface area contributed by atoms with E-state index in [1.807, 2.05) is 0 Å². The van der Waals surface area contributed by atoms with Gasteiger partial charge in [-0.2, -0.15) is 0 Å². The summed E-state index contributed by atoms with van der Waals surface area (Å²) in [6, 6.07) is 4.58. The first-order chi connectivity index (χ1) is 6.69. The van der Waals surface area contributed by atoms with E-state index >= 15 is 0 Å². The third-order valence-electron chi connectivity index (χ3n) is 1.60. The fourth-order valence-electron chi connectivity index (χ4n) is 0.907. The summed E-state index contributed by atoms with van der Waals surface area (Å²) in [6.07, 6.45) is 0. The lowest BCUT2D eigenvalue weighted by atomic mass is 10.3. The lowest BCUT2D eigenvalue weighted by Gasteiger charge is -2.01. The first kappa shape index (κ1) is 10.2. The average molecular weight is 194 g/mol. The number of hydrogen-bond donors (Lipinski definition) is 1. The van der Waals surface area contributed by atoms with E-state index in [0.717, 1.165) is 0 Å². The van der Waals surface area contributed by atoms with E-state index in [2.05, 4.69) is 15.0 Å². The molecule has 0 saturated carbocycles. The summed E-state index contributed by atoms with van der Waals surface area (Å²) in [5.41, 5.74) is 0.309. The average Bonchev–Trinajstić information content (AvgIpc) is 2.27. The number of hydrogen-bond acceptors (Lipinski definition) is 4. The van der Waals surface area contributed by atoms with Gasteiger partial charge in [0.15, 0.2) is 0 Å². The fraction of sp³-hybridized carbons (Fsp3) is 0.222. The Morgan fingerprint density at radius 3 is 2.57 bits per heavy atom. The van der Waals surface area contributed by atoms with Crippen LogP contribution in [0.15, 0.2) is 18.2 Å². The highest BCUT2D eigenvalue weighted by atomic mass is 16.5. The van der Waals surface area contributed by atoms with Crippen molar-refractivity contribution in [2.24, 2.45) is 0 Å². The number of amides is 1. The van der Waals surface area contributed by atoms with Crippen molar-refractivity contribution >= 4 is 11.9 Å². The van der Waals surface area contributed by atoms with Gasteiger partial charge in [0.25, 0.3) is 5.91 Å². The van der Waals surface area contributed by atoms with Gasteiger partial charge in [0.05, 0.1) is 7.11 Å². The van der Waals surface area contributed by atoms with Crippen molar-refractivity contribution in [1.29, 1.82) is 0 Å². The van der Waals surface area contributed by atoms with Crippen molar-refractivity contribution in [2.45, 2.75) is 0 Å². The Bertz CT molecular complexity index is 332. The molecule has 0 unspecified atom stereocenters. The minimum absolute atomic E-state index is 0.119. The normalized spacial score (nSPS) is 9.29. The molecule has 1 heterocycles. The molecule has 1 amide bonds. The van der Waals surface area contributed by atoms with Crippen LogP contribution in [0.3, 0.4) is 0 Å². The van der Waals surface area contributed by atoms with E-state index in [1.54, 1.807) is 6.07 Å². The second-order valence-electron chi connectivity index (χ2n) is 2.48. The van der Waals surface area contributed by atoms with Gasteiger partial charge in [-0.3, -0.25) is 4.79 Å². The third kappa shape index (κ3) is 2.07. The molecule has 0 aliphatic carbocycles. The standard InChI is InChI=1S/C9H10N2O3/c1-10-8(12)6-4-3-5-7(11-6)9(13)14-2/h3-5H,1-2H3,(H,10,12). The van der Waals surface area contributed by atoms with Crippen LogP contribution in [0.4, 0.5) is 0 Å². The summed E-state index contributed by atoms with van der Waals surface area (Å²) in [5, 5.41) is 2.41. The molecular formula is C9H10N2O3. The molecule has 0 fully saturated rings. The zero-order valence-corrected chi connectivity index (χ0v) is 7.90. The second kappa shape index (κ2) is 4.36. The smallest absolute Gasteiger partial charge is 0.356 e. The molecule has 1 rings (SSSR count). The van der Waals surface area contributed by atoms with Crippen molar-refractivity contribution in [2.75, 3.05) is 14.2 Å². The minimum Gasteiger partial charge on any atom is -0.464 e. The maximum atomic E-state index is 11.2. The number of nitrogens with one attached hydrogen (secondary N) is 1. The first-order valence-electron chi connectivity index (χ1n) is 3.96. The number of aromatic nitrogens is 1. The van der Waals surface area contributed by atoms with Gasteiger partial charge in [-0.25, -0.2) is 9.78 Å². The molecule has 0 aliphatic heterocycles. The SMILES string of the molecule is CNC(=O)c1cccc(C(=O)OC)n1. The Labute approximate surface area is 81.1 Å². The van der Waals surface area contributed by atoms with Crippen molar-refractivity contribution in [3.05, 3.63) is 29.6 Å². The Hall–Kier alpha value is -1.91. The van der Waals surface area contributed by atoms with Crippen LogP contribution >= 0.6 is 0 Å². The number of rotatable bonds is 2. The maximum Gasteiger partial charge on any atom is 0.356 e. The number of carbonyl (C=O) groups excluding carboxylic acids is 2. The van der Waals surface area contributed by atoms with Gasteiger partial charge in [0, 0.05) is 7.05 Å². The molecule has 74 valence electrons. The number of methoxy groups -OCH3 is 1. The topological polar surface area (TPSA) is 68.3 Å². The predicted molar refractivity (Wildman–Crippen MR) is 49.0 cm³/mol. The van der Waals surface area contributed by atoms with Crippen LogP contribution in [0, 0.1) is 0 Å². The summed E-state index contributed by atoms with van der Waals surface area (Å²) in [4.78, 5) is 26.0. The van der Waals surface area contributed by atoms with Gasteiger partial charge in [-0.05, 0) is 12.1 Å². The molecule has 0 radical (unpaired) electrons. The van der Waals surface area contributed by atoms with Crippen molar-refractivity contribution in [3.8, 4) is 0 Å². The molecule has 0 saturated heterocycles. The molecular weight excluding hydrogens is 184 g/mol. The first-order valence-corrected chi connectivity index (χ1v) is 3.96. The van der Waals surface area contributed by atoms with Gasteiger partial charge in [0.1, 0.15) is 11.4 Å². The molecule has 0 bridgehead atoms. The summed E-state index contributed by atoms with van der Waals surface area (Å²) < 4.78 is 4.47. The quantitative estimate of drug-likeness (QED) is 0.684. The van der Waals surface area contributed by atoms with Crippen LogP contribution in [0.2, 0.25) is 0 Å². The lowest BCUT2D eigenvalue weighted by Crippen LogP contribution is -2.20. The fourth-order valence-corrected chi connectivity index (χ4v) is 0.907. The van der Waals surface area contributed by atoms with Gasteiger partial charge in [0.2, 0.25) is 0 Å². The molecule has 5 heteroatoms. The maximum absolute atomic E-state index is 11.2. The highest BCUT2D eigenvalue weighted by molar-refractivity contribution is 5.94. The van der Waals surface area contributed by atoms with Gasteiger partial charge in [-0.1, -0.05) is 6.07 Å². The largest absolute Gasteiger partial charge is 0.464 e. The monoisotopic (exact) mass is 194 g/mol. The summed E-state index contributed by atoms with van der Waals surface area (Å²) >= 11 is 0. The number of esters is 1. The molecule has 0 spiro atoms. The summed E-state index contributed by atoms with van der Waals surface area (Å²) in [6.45, 7) is 0. The molecule has 1 N–H and O–H groups in total. The molecule has 14 heavy (non-hydrogen) atoms. The zero-order valence-electron chi connectivity index (χ0n) is 7.90.